The molecule has 0 aromatic carbocycles. The van der Waals surface area contributed by atoms with E-state index in [0.717, 1.165) is 25.3 Å². The fraction of sp³-hybridized carbons (Fsp3) is 0.700. The van der Waals surface area contributed by atoms with Crippen LogP contribution >= 0.6 is 11.6 Å². The highest BCUT2D eigenvalue weighted by atomic mass is 35.5. The third-order valence-electron chi connectivity index (χ3n) is 2.09. The maximum Gasteiger partial charge on any atom is 0.108 e. The second-order valence-electron chi connectivity index (χ2n) is 3.18. The minimum atomic E-state index is 0.723. The number of nitrogens with zero attached hydrogens (tertiary/aromatic N) is 2. The first-order valence-corrected chi connectivity index (χ1v) is 5.48. The lowest BCUT2D eigenvalue weighted by atomic mass is 10.3. The molecule has 0 aliphatic carbocycles. The zero-order valence-corrected chi connectivity index (χ0v) is 8.93. The molecule has 13 heavy (non-hydrogen) atoms. The highest BCUT2D eigenvalue weighted by Gasteiger charge is 2.00. The topological polar surface area (TPSA) is 17.8 Å². The molecule has 0 radical (unpaired) electrons. The summed E-state index contributed by atoms with van der Waals surface area (Å²) in [5, 5.41) is 0. The summed E-state index contributed by atoms with van der Waals surface area (Å²) >= 11 is 5.64. The van der Waals surface area contributed by atoms with E-state index in [2.05, 4.69) is 22.7 Å². The average molecular weight is 201 g/mol. The van der Waals surface area contributed by atoms with Crippen LogP contribution in [0.25, 0.3) is 0 Å². The van der Waals surface area contributed by atoms with Gasteiger partial charge in [-0.2, -0.15) is 0 Å². The average Bonchev–Trinajstić information content (AvgIpc) is 2.59. The maximum atomic E-state index is 5.64. The Morgan fingerprint density at radius 1 is 1.46 bits per heavy atom. The number of hydrogen-bond acceptors (Lipinski definition) is 1. The van der Waals surface area contributed by atoms with Crippen molar-refractivity contribution in [2.75, 3.05) is 5.88 Å². The van der Waals surface area contributed by atoms with E-state index >= 15 is 0 Å². The van der Waals surface area contributed by atoms with Gasteiger partial charge in [0, 0.05) is 31.2 Å². The van der Waals surface area contributed by atoms with E-state index in [9.17, 15) is 0 Å². The molecule has 74 valence electrons. The second kappa shape index (κ2) is 6.03. The molecule has 0 atom stereocenters. The molecular formula is C10H17ClN2. The lowest BCUT2D eigenvalue weighted by Gasteiger charge is -2.05. The highest BCUT2D eigenvalue weighted by Crippen LogP contribution is 2.04. The lowest BCUT2D eigenvalue weighted by molar-refractivity contribution is 0.598. The van der Waals surface area contributed by atoms with Crippen molar-refractivity contribution < 1.29 is 0 Å². The maximum absolute atomic E-state index is 5.64. The van der Waals surface area contributed by atoms with E-state index in [4.69, 9.17) is 11.6 Å². The molecule has 0 saturated heterocycles. The molecule has 0 bridgehead atoms. The Morgan fingerprint density at radius 3 is 3.00 bits per heavy atom. The summed E-state index contributed by atoms with van der Waals surface area (Å²) in [7, 11) is 0. The first-order chi connectivity index (χ1) is 6.38. The molecule has 1 heterocycles. The number of unbranched alkanes of at least 4 members (excludes halogenated alkanes) is 1. The molecule has 2 nitrogen and oxygen atoms in total. The monoisotopic (exact) mass is 200 g/mol. The number of rotatable bonds is 6. The standard InChI is InChI=1S/C10H17ClN2/c1-2-3-8-13-9-7-12-10(13)5-4-6-11/h7,9H,2-6,8H2,1H3. The van der Waals surface area contributed by atoms with Gasteiger partial charge >= 0.3 is 0 Å². The van der Waals surface area contributed by atoms with Crippen molar-refractivity contribution in [1.29, 1.82) is 0 Å². The van der Waals surface area contributed by atoms with Gasteiger partial charge in [-0.25, -0.2) is 4.98 Å². The van der Waals surface area contributed by atoms with Gasteiger partial charge in [-0.3, -0.25) is 0 Å². The highest BCUT2D eigenvalue weighted by molar-refractivity contribution is 6.17. The van der Waals surface area contributed by atoms with Crippen LogP contribution in [-0.2, 0) is 13.0 Å². The molecule has 3 heteroatoms. The van der Waals surface area contributed by atoms with Gasteiger partial charge < -0.3 is 4.57 Å². The lowest BCUT2D eigenvalue weighted by Crippen LogP contribution is -2.03. The minimum Gasteiger partial charge on any atom is -0.335 e. The van der Waals surface area contributed by atoms with E-state index < -0.39 is 0 Å². The Labute approximate surface area is 84.9 Å². The molecule has 0 aliphatic rings. The van der Waals surface area contributed by atoms with Gasteiger partial charge in [-0.05, 0) is 12.8 Å². The molecule has 0 fully saturated rings. The Balaban J connectivity index is 2.45. The van der Waals surface area contributed by atoms with Crippen LogP contribution in [0, 0.1) is 0 Å². The number of aromatic nitrogens is 2. The number of alkyl halides is 1. The summed E-state index contributed by atoms with van der Waals surface area (Å²) in [5.41, 5.74) is 0. The van der Waals surface area contributed by atoms with Crippen LogP contribution in [-0.4, -0.2) is 15.4 Å². The third kappa shape index (κ3) is 3.39. The Hall–Kier alpha value is -0.500. The van der Waals surface area contributed by atoms with E-state index in [1.54, 1.807) is 0 Å². The predicted molar refractivity (Wildman–Crippen MR) is 56.2 cm³/mol. The van der Waals surface area contributed by atoms with Crippen molar-refractivity contribution in [2.45, 2.75) is 39.2 Å². The summed E-state index contributed by atoms with van der Waals surface area (Å²) in [5.74, 6) is 1.90. The first-order valence-electron chi connectivity index (χ1n) is 4.94. The largest absolute Gasteiger partial charge is 0.335 e. The number of aryl methyl sites for hydroxylation is 2. The van der Waals surface area contributed by atoms with Gasteiger partial charge in [0.05, 0.1) is 0 Å². The van der Waals surface area contributed by atoms with Crippen LogP contribution in [0.3, 0.4) is 0 Å². The normalized spacial score (nSPS) is 10.6. The van der Waals surface area contributed by atoms with E-state index in [-0.39, 0.29) is 0 Å². The van der Waals surface area contributed by atoms with Crippen molar-refractivity contribution in [2.24, 2.45) is 0 Å². The van der Waals surface area contributed by atoms with Crippen LogP contribution in [0.1, 0.15) is 32.0 Å². The van der Waals surface area contributed by atoms with Crippen LogP contribution < -0.4 is 0 Å². The second-order valence-corrected chi connectivity index (χ2v) is 3.56. The molecule has 1 aromatic heterocycles. The van der Waals surface area contributed by atoms with Gasteiger partial charge in [0.15, 0.2) is 0 Å². The summed E-state index contributed by atoms with van der Waals surface area (Å²) in [4.78, 5) is 4.31. The molecule has 0 N–H and O–H groups in total. The van der Waals surface area contributed by atoms with Gasteiger partial charge in [-0.15, -0.1) is 11.6 Å². The molecule has 0 saturated carbocycles. The summed E-state index contributed by atoms with van der Waals surface area (Å²) < 4.78 is 2.23. The number of imidazole rings is 1. The number of halogens is 1. The fourth-order valence-electron chi connectivity index (χ4n) is 1.33. The van der Waals surface area contributed by atoms with Crippen molar-refractivity contribution in [3.63, 3.8) is 0 Å². The number of hydrogen-bond donors (Lipinski definition) is 0. The van der Waals surface area contributed by atoms with E-state index in [0.29, 0.717) is 0 Å². The molecule has 1 aromatic rings. The summed E-state index contributed by atoms with van der Waals surface area (Å²) in [6.07, 6.45) is 8.40. The van der Waals surface area contributed by atoms with E-state index in [1.165, 1.54) is 18.7 Å². The molecule has 0 unspecified atom stereocenters. The Bertz CT molecular complexity index is 210. The van der Waals surface area contributed by atoms with Crippen molar-refractivity contribution in [1.82, 2.24) is 9.55 Å². The van der Waals surface area contributed by atoms with Crippen molar-refractivity contribution >= 4 is 11.6 Å². The van der Waals surface area contributed by atoms with Gasteiger partial charge in [-0.1, -0.05) is 13.3 Å². The zero-order valence-electron chi connectivity index (χ0n) is 8.17. The smallest absolute Gasteiger partial charge is 0.108 e. The fourth-order valence-corrected chi connectivity index (χ4v) is 1.46. The van der Waals surface area contributed by atoms with Gasteiger partial charge in [0.2, 0.25) is 0 Å². The quantitative estimate of drug-likeness (QED) is 0.646. The van der Waals surface area contributed by atoms with Crippen molar-refractivity contribution in [3.8, 4) is 0 Å². The Morgan fingerprint density at radius 2 is 2.31 bits per heavy atom. The first kappa shape index (κ1) is 10.6. The third-order valence-corrected chi connectivity index (χ3v) is 2.36. The molecular weight excluding hydrogens is 184 g/mol. The minimum absolute atomic E-state index is 0.723. The molecule has 0 amide bonds. The van der Waals surface area contributed by atoms with Crippen LogP contribution in [0.4, 0.5) is 0 Å². The SMILES string of the molecule is CCCCn1ccnc1CCCCl. The van der Waals surface area contributed by atoms with Crippen molar-refractivity contribution in [3.05, 3.63) is 18.2 Å². The molecule has 0 spiro atoms. The van der Waals surface area contributed by atoms with Crippen LogP contribution in [0.15, 0.2) is 12.4 Å². The van der Waals surface area contributed by atoms with Crippen LogP contribution in [0.5, 0.6) is 0 Å². The van der Waals surface area contributed by atoms with E-state index in [1.807, 2.05) is 6.20 Å². The summed E-state index contributed by atoms with van der Waals surface area (Å²) in [6.45, 7) is 3.30. The van der Waals surface area contributed by atoms with Crippen LogP contribution in [0.2, 0.25) is 0 Å². The van der Waals surface area contributed by atoms with Gasteiger partial charge in [0.25, 0.3) is 0 Å². The zero-order chi connectivity index (χ0) is 9.52. The molecule has 0 aliphatic heterocycles. The summed E-state index contributed by atoms with van der Waals surface area (Å²) in [6, 6.07) is 0. The molecule has 1 rings (SSSR count). The van der Waals surface area contributed by atoms with Gasteiger partial charge in [0.1, 0.15) is 5.82 Å². The predicted octanol–water partition coefficient (Wildman–Crippen LogP) is 2.85. The Kier molecular flexibility index (Phi) is 4.91.